The van der Waals surface area contributed by atoms with Crippen LogP contribution in [-0.2, 0) is 11.3 Å². The number of hydrogen-bond donors (Lipinski definition) is 2. The van der Waals surface area contributed by atoms with Crippen LogP contribution < -0.4 is 5.32 Å². The van der Waals surface area contributed by atoms with Gasteiger partial charge in [-0.2, -0.15) is 5.10 Å². The van der Waals surface area contributed by atoms with E-state index in [1.165, 1.54) is 17.7 Å². The number of thiazole rings is 1. The van der Waals surface area contributed by atoms with E-state index in [1.807, 2.05) is 41.3 Å². The van der Waals surface area contributed by atoms with Crippen molar-refractivity contribution in [1.82, 2.24) is 29.6 Å². The molecule has 35 heavy (non-hydrogen) atoms. The number of carbonyl (C=O) groups is 1. The third-order valence-corrected chi connectivity index (χ3v) is 6.74. The largest absolute Gasteiger partial charge is 0.383 e. The fourth-order valence-electron chi connectivity index (χ4n) is 3.70. The maximum absolute atomic E-state index is 10.6. The molecule has 0 radical (unpaired) electrons. The van der Waals surface area contributed by atoms with E-state index in [1.54, 1.807) is 24.6 Å². The number of likely N-dealkylation sites (tertiary alicyclic amines) is 1. The van der Waals surface area contributed by atoms with Gasteiger partial charge in [0.15, 0.2) is 0 Å². The van der Waals surface area contributed by atoms with Gasteiger partial charge in [-0.1, -0.05) is 30.3 Å². The number of rotatable bonds is 6. The standard InChI is InChI=1S/C20H18N6S.C5H9NO2/c1-2-4-15(5-3-1)18-13-27-19(24-18)17-8-9-21-20(25-17)23-16-10-22-26(12-16)11-14-6-7-14;1-6-3-2-4(7)5(6)8/h1-5,8-10,12-14H,6-7,11H2,(H,21,23,25);4,7H,2-3H2,1H3. The first-order chi connectivity index (χ1) is 17.0. The number of carbonyl (C=O) groups excluding carboxylic acids is 1. The molecule has 6 rings (SSSR count). The van der Waals surface area contributed by atoms with E-state index >= 15 is 0 Å². The van der Waals surface area contributed by atoms with Crippen molar-refractivity contribution in [3.05, 3.63) is 60.4 Å². The predicted octanol–water partition coefficient (Wildman–Crippen LogP) is 3.83. The lowest BCUT2D eigenvalue weighted by atomic mass is 10.2. The number of aromatic nitrogens is 5. The molecule has 3 aromatic heterocycles. The molecule has 0 spiro atoms. The van der Waals surface area contributed by atoms with E-state index in [0.717, 1.165) is 40.1 Å². The van der Waals surface area contributed by atoms with Crippen molar-refractivity contribution in [2.45, 2.75) is 31.9 Å². The Hall–Kier alpha value is -3.63. The average Bonchev–Trinajstić information content (AvgIpc) is 3.24. The Balaban J connectivity index is 0.000000271. The van der Waals surface area contributed by atoms with E-state index < -0.39 is 6.10 Å². The monoisotopic (exact) mass is 489 g/mol. The molecule has 180 valence electrons. The van der Waals surface area contributed by atoms with E-state index in [2.05, 4.69) is 37.9 Å². The quantitative estimate of drug-likeness (QED) is 0.424. The molecule has 1 amide bonds. The number of nitrogens with one attached hydrogen (secondary N) is 1. The van der Waals surface area contributed by atoms with Gasteiger partial charge in [-0.25, -0.2) is 15.0 Å². The first-order valence-electron chi connectivity index (χ1n) is 11.6. The normalized spacial score (nSPS) is 17.3. The number of hydrogen-bond acceptors (Lipinski definition) is 8. The number of amides is 1. The van der Waals surface area contributed by atoms with Gasteiger partial charge in [-0.05, 0) is 31.2 Å². The maximum Gasteiger partial charge on any atom is 0.251 e. The molecule has 1 atom stereocenters. The number of anilines is 2. The minimum Gasteiger partial charge on any atom is -0.383 e. The third-order valence-electron chi connectivity index (χ3n) is 5.88. The van der Waals surface area contributed by atoms with Crippen LogP contribution in [0.1, 0.15) is 19.3 Å². The fourth-order valence-corrected chi connectivity index (χ4v) is 4.49. The van der Waals surface area contributed by atoms with Gasteiger partial charge in [-0.15, -0.1) is 11.3 Å². The summed E-state index contributed by atoms with van der Waals surface area (Å²) < 4.78 is 1.98. The molecule has 1 aliphatic carbocycles. The van der Waals surface area contributed by atoms with Crippen molar-refractivity contribution in [1.29, 1.82) is 0 Å². The smallest absolute Gasteiger partial charge is 0.251 e. The molecule has 10 heteroatoms. The number of nitrogens with zero attached hydrogens (tertiary/aromatic N) is 6. The summed E-state index contributed by atoms with van der Waals surface area (Å²) in [6.07, 6.45) is 8.07. The summed E-state index contributed by atoms with van der Waals surface area (Å²) in [6, 6.07) is 12.0. The summed E-state index contributed by atoms with van der Waals surface area (Å²) >= 11 is 1.58. The highest BCUT2D eigenvalue weighted by molar-refractivity contribution is 7.13. The highest BCUT2D eigenvalue weighted by atomic mass is 32.1. The third kappa shape index (κ3) is 5.90. The Morgan fingerprint density at radius 3 is 2.63 bits per heavy atom. The van der Waals surface area contributed by atoms with Gasteiger partial charge in [0.2, 0.25) is 5.95 Å². The second-order valence-electron chi connectivity index (χ2n) is 8.75. The zero-order valence-electron chi connectivity index (χ0n) is 19.4. The highest BCUT2D eigenvalue weighted by Gasteiger charge is 2.26. The van der Waals surface area contributed by atoms with Gasteiger partial charge >= 0.3 is 0 Å². The van der Waals surface area contributed by atoms with Crippen LogP contribution in [0.4, 0.5) is 11.6 Å². The van der Waals surface area contributed by atoms with Crippen molar-refractivity contribution < 1.29 is 9.90 Å². The maximum atomic E-state index is 10.6. The number of benzene rings is 1. The Kier molecular flexibility index (Phi) is 6.82. The van der Waals surface area contributed by atoms with Crippen molar-refractivity contribution in [3.8, 4) is 22.0 Å². The Labute approximate surface area is 207 Å². The number of aliphatic hydroxyl groups excluding tert-OH is 1. The molecule has 4 aromatic rings. The van der Waals surface area contributed by atoms with Crippen LogP contribution in [0.3, 0.4) is 0 Å². The zero-order chi connectivity index (χ0) is 24.2. The summed E-state index contributed by atoms with van der Waals surface area (Å²) in [7, 11) is 1.69. The van der Waals surface area contributed by atoms with Gasteiger partial charge in [0, 0.05) is 43.5 Å². The van der Waals surface area contributed by atoms with Gasteiger partial charge < -0.3 is 15.3 Å². The highest BCUT2D eigenvalue weighted by Crippen LogP contribution is 2.31. The topological polar surface area (TPSA) is 109 Å². The van der Waals surface area contributed by atoms with Crippen LogP contribution >= 0.6 is 11.3 Å². The van der Waals surface area contributed by atoms with Gasteiger partial charge in [0.05, 0.1) is 17.6 Å². The molecule has 2 N–H and O–H groups in total. The molecular formula is C25H27N7O2S. The molecule has 1 saturated carbocycles. The molecule has 1 aliphatic heterocycles. The van der Waals surface area contributed by atoms with Crippen LogP contribution in [0.15, 0.2) is 60.4 Å². The summed E-state index contributed by atoms with van der Waals surface area (Å²) in [5.41, 5.74) is 3.78. The first kappa shape index (κ1) is 23.1. The van der Waals surface area contributed by atoms with Gasteiger partial charge in [0.25, 0.3) is 5.91 Å². The average molecular weight is 490 g/mol. The molecular weight excluding hydrogens is 462 g/mol. The van der Waals surface area contributed by atoms with E-state index in [9.17, 15) is 4.79 Å². The van der Waals surface area contributed by atoms with Crippen molar-refractivity contribution in [2.75, 3.05) is 18.9 Å². The number of likely N-dealkylation sites (N-methyl/N-ethyl adjacent to an activating group) is 1. The second kappa shape index (κ2) is 10.3. The van der Waals surface area contributed by atoms with Crippen LogP contribution in [0.2, 0.25) is 0 Å². The van der Waals surface area contributed by atoms with Crippen LogP contribution in [-0.4, -0.2) is 60.3 Å². The molecule has 1 unspecified atom stereocenters. The SMILES string of the molecule is CN1CCC(O)C1=O.c1ccc(-c2csc(-c3ccnc(Nc4cnn(CC5CC5)c4)n3)n2)cc1. The van der Waals surface area contributed by atoms with Crippen molar-refractivity contribution in [3.63, 3.8) is 0 Å². The van der Waals surface area contributed by atoms with Crippen molar-refractivity contribution >= 4 is 28.9 Å². The van der Waals surface area contributed by atoms with E-state index in [4.69, 9.17) is 10.1 Å². The fraction of sp³-hybridized carbons (Fsp3) is 0.320. The zero-order valence-corrected chi connectivity index (χ0v) is 20.2. The van der Waals surface area contributed by atoms with Crippen LogP contribution in [0, 0.1) is 5.92 Å². The summed E-state index contributed by atoms with van der Waals surface area (Å²) in [4.78, 5) is 25.8. The van der Waals surface area contributed by atoms with E-state index in [0.29, 0.717) is 18.9 Å². The second-order valence-corrected chi connectivity index (χ2v) is 9.61. The lowest BCUT2D eigenvalue weighted by molar-refractivity contribution is -0.133. The Morgan fingerprint density at radius 2 is 1.94 bits per heavy atom. The van der Waals surface area contributed by atoms with Crippen LogP contribution in [0.5, 0.6) is 0 Å². The van der Waals surface area contributed by atoms with Crippen LogP contribution in [0.25, 0.3) is 22.0 Å². The summed E-state index contributed by atoms with van der Waals surface area (Å²) in [6.45, 7) is 1.68. The van der Waals surface area contributed by atoms with Crippen molar-refractivity contribution in [2.24, 2.45) is 5.92 Å². The number of aliphatic hydroxyl groups is 1. The van der Waals surface area contributed by atoms with Gasteiger partial charge in [0.1, 0.15) is 16.8 Å². The predicted molar refractivity (Wildman–Crippen MR) is 135 cm³/mol. The molecule has 4 heterocycles. The molecule has 2 fully saturated rings. The Morgan fingerprint density at radius 1 is 1.11 bits per heavy atom. The molecule has 9 nitrogen and oxygen atoms in total. The first-order valence-corrected chi connectivity index (χ1v) is 12.5. The lowest BCUT2D eigenvalue weighted by Gasteiger charge is -2.04. The molecule has 2 aliphatic rings. The minimum absolute atomic E-state index is 0.148. The van der Waals surface area contributed by atoms with E-state index in [-0.39, 0.29) is 5.91 Å². The molecule has 1 aromatic carbocycles. The molecule has 0 bridgehead atoms. The Bertz CT molecular complexity index is 1270. The minimum atomic E-state index is -0.722. The molecule has 1 saturated heterocycles. The summed E-state index contributed by atoms with van der Waals surface area (Å²) in [5, 5.41) is 19.3. The van der Waals surface area contributed by atoms with Gasteiger partial charge in [-0.3, -0.25) is 9.48 Å². The lowest BCUT2D eigenvalue weighted by Crippen LogP contribution is -2.24. The summed E-state index contributed by atoms with van der Waals surface area (Å²) in [5.74, 6) is 1.20.